The summed E-state index contributed by atoms with van der Waals surface area (Å²) in [5.41, 5.74) is -1.02. The third-order valence-electron chi connectivity index (χ3n) is 12.2. The van der Waals surface area contributed by atoms with Crippen molar-refractivity contribution in [2.24, 2.45) is 5.92 Å². The van der Waals surface area contributed by atoms with Crippen molar-refractivity contribution in [3.8, 4) is 46.0 Å². The first-order valence-corrected chi connectivity index (χ1v) is 22.8. The molecule has 26 heteroatoms. The Morgan fingerprint density at radius 2 is 0.974 bits per heavy atom. The molecule has 0 aromatic heterocycles. The van der Waals surface area contributed by atoms with E-state index in [2.05, 4.69) is 0 Å². The molecule has 10 atom stereocenters. The van der Waals surface area contributed by atoms with Gasteiger partial charge in [-0.25, -0.2) is 24.0 Å². The van der Waals surface area contributed by atoms with E-state index in [0.717, 1.165) is 85.0 Å². The highest BCUT2D eigenvalue weighted by molar-refractivity contribution is 6.02. The van der Waals surface area contributed by atoms with Crippen LogP contribution in [0, 0.1) is 5.92 Å². The topological polar surface area (TPSA) is 441 Å². The van der Waals surface area contributed by atoms with Gasteiger partial charge in [0.25, 0.3) is 0 Å². The van der Waals surface area contributed by atoms with Crippen LogP contribution in [-0.2, 0) is 57.2 Å². The summed E-state index contributed by atoms with van der Waals surface area (Å²) >= 11 is 0. The molecule has 4 aromatic carbocycles. The number of phenolic OH excluding ortho intramolecular Hbond substituents is 8. The van der Waals surface area contributed by atoms with Crippen molar-refractivity contribution in [3.05, 3.63) is 136 Å². The maximum Gasteiger partial charge on any atom is 0.370 e. The van der Waals surface area contributed by atoms with E-state index in [-0.39, 0.29) is 27.8 Å². The molecule has 0 radical (unpaired) electrons. The van der Waals surface area contributed by atoms with Crippen LogP contribution in [0.3, 0.4) is 0 Å². The number of phenols is 8. The van der Waals surface area contributed by atoms with Crippen molar-refractivity contribution in [3.63, 3.8) is 0 Å². The van der Waals surface area contributed by atoms with Gasteiger partial charge in [-0.15, -0.1) is 0 Å². The Morgan fingerprint density at radius 3 is 1.42 bits per heavy atom. The van der Waals surface area contributed by atoms with E-state index in [9.17, 15) is 90.7 Å². The molecule has 0 bridgehead atoms. The Kier molecular flexibility index (Phi) is 16.8. The number of aliphatic hydroxyl groups excluding tert-OH is 4. The molecule has 2 aliphatic heterocycles. The van der Waals surface area contributed by atoms with Crippen LogP contribution in [0.25, 0.3) is 18.2 Å². The highest BCUT2D eigenvalue weighted by Crippen LogP contribution is 2.49. The molecule has 14 N–H and O–H groups in total. The Morgan fingerprint density at radius 1 is 0.538 bits per heavy atom. The number of fused-ring (bicyclic) bond motifs is 1. The summed E-state index contributed by atoms with van der Waals surface area (Å²) in [6.07, 6.45) is -10.8. The Hall–Kier alpha value is -9.76. The first-order chi connectivity index (χ1) is 37.0. The molecule has 0 unspecified atom stereocenters. The number of rotatable bonds is 17. The van der Waals surface area contributed by atoms with Gasteiger partial charge < -0.3 is 99.9 Å². The molecule has 0 saturated heterocycles. The van der Waals surface area contributed by atoms with E-state index in [1.807, 2.05) is 0 Å². The Balaban J connectivity index is 1.34. The number of hydrogen-bond acceptors (Lipinski definition) is 24. The second kappa shape index (κ2) is 23.4. The number of benzene rings is 4. The number of carbonyl (C=O) groups is 6. The number of ether oxygens (including phenoxy) is 6. The minimum Gasteiger partial charge on any atom is -0.504 e. The summed E-state index contributed by atoms with van der Waals surface area (Å²) < 4.78 is 33.5. The van der Waals surface area contributed by atoms with Gasteiger partial charge in [0.2, 0.25) is 11.5 Å². The molecule has 0 saturated carbocycles. The van der Waals surface area contributed by atoms with Crippen LogP contribution in [0.1, 0.15) is 33.7 Å². The van der Waals surface area contributed by atoms with Gasteiger partial charge in [-0.2, -0.15) is 0 Å². The number of aliphatic carboxylic acids is 2. The van der Waals surface area contributed by atoms with Crippen LogP contribution >= 0.6 is 0 Å². The predicted octanol–water partition coefficient (Wildman–Crippen LogP) is 0.991. The first-order valence-electron chi connectivity index (χ1n) is 22.8. The molecule has 0 amide bonds. The Labute approximate surface area is 437 Å². The fourth-order valence-corrected chi connectivity index (χ4v) is 8.42. The zero-order valence-electron chi connectivity index (χ0n) is 39.7. The van der Waals surface area contributed by atoms with Crippen LogP contribution in [0.2, 0.25) is 0 Å². The van der Waals surface area contributed by atoms with Crippen LogP contribution in [0.4, 0.5) is 0 Å². The predicted molar refractivity (Wildman–Crippen MR) is 257 cm³/mol. The number of hydrogen-bond donors (Lipinski definition) is 14. The van der Waals surface area contributed by atoms with Crippen molar-refractivity contribution in [1.82, 2.24) is 0 Å². The summed E-state index contributed by atoms with van der Waals surface area (Å²) in [5, 5.41) is 144. The summed E-state index contributed by atoms with van der Waals surface area (Å²) in [6, 6.07) is 11.7. The van der Waals surface area contributed by atoms with E-state index in [1.165, 1.54) is 12.1 Å². The highest BCUT2D eigenvalue weighted by Gasteiger charge is 2.51. The molecule has 78 heavy (non-hydrogen) atoms. The summed E-state index contributed by atoms with van der Waals surface area (Å²) in [5.74, 6) is -20.7. The smallest absolute Gasteiger partial charge is 0.370 e. The van der Waals surface area contributed by atoms with Crippen molar-refractivity contribution in [2.45, 2.75) is 54.7 Å². The third kappa shape index (κ3) is 12.3. The largest absolute Gasteiger partial charge is 0.504 e. The fourth-order valence-electron chi connectivity index (χ4n) is 8.42. The molecule has 26 nitrogen and oxygen atoms in total. The molecule has 4 aromatic rings. The fraction of sp³-hybridized carbons (Fsp3) is 0.231. The molecule has 7 rings (SSSR count). The molecular formula is C52H46O26. The van der Waals surface area contributed by atoms with Crippen LogP contribution in [0.5, 0.6) is 46.0 Å². The average Bonchev–Trinajstić information content (AvgIpc) is 3.61. The minimum atomic E-state index is -2.20. The summed E-state index contributed by atoms with van der Waals surface area (Å²) in [6.45, 7) is -2.34. The number of carboxylic acids is 2. The highest BCUT2D eigenvalue weighted by atomic mass is 16.6. The lowest BCUT2D eigenvalue weighted by molar-refractivity contribution is -0.189. The summed E-state index contributed by atoms with van der Waals surface area (Å²) in [4.78, 5) is 82.0. The van der Waals surface area contributed by atoms with E-state index < -0.39 is 173 Å². The number of aliphatic hydroxyl groups is 4. The van der Waals surface area contributed by atoms with Gasteiger partial charge in [0, 0.05) is 30.2 Å². The van der Waals surface area contributed by atoms with Crippen molar-refractivity contribution in [2.75, 3.05) is 13.2 Å². The number of carboxylic acid groups (broad SMARTS) is 2. The van der Waals surface area contributed by atoms with E-state index >= 15 is 9.59 Å². The van der Waals surface area contributed by atoms with Crippen molar-refractivity contribution in [1.29, 1.82) is 0 Å². The monoisotopic (exact) mass is 1090 g/mol. The van der Waals surface area contributed by atoms with Gasteiger partial charge in [0.15, 0.2) is 82.6 Å². The molecule has 410 valence electrons. The average molecular weight is 1090 g/mol. The summed E-state index contributed by atoms with van der Waals surface area (Å²) in [7, 11) is 0. The lowest BCUT2D eigenvalue weighted by Crippen LogP contribution is -2.54. The zero-order chi connectivity index (χ0) is 56.9. The number of esters is 4. The standard InChI is InChI=1S/C52H46O26/c53-19-35(63)45-47(77-41(65)9-3-21-1-6-27(55)30(58)11-21)37(17-39(73-45)49(67)68)75-51(71)26-13-24-15-33(61)34(62)16-25(24)43(23-5-8-29(57)32(60)14-23)44(26)52(72)76-38-18-40(50(69)70)74-46(36(64)20-54)48(38)78-42(66)10-4-22-2-7-28(56)31(59)12-22/h1-18,35-38,43-48,53-64H,19-20H2,(H,67,68)(H,69,70)/t35-,36+,37-,38-,43-,44-,45-,46-,47-,48-/m1/s1. The zero-order valence-corrected chi connectivity index (χ0v) is 39.7. The molecular weight excluding hydrogens is 1040 g/mol. The lowest BCUT2D eigenvalue weighted by Gasteiger charge is -2.39. The maximum absolute atomic E-state index is 15.3. The van der Waals surface area contributed by atoms with Crippen molar-refractivity contribution < 1.29 is 129 Å². The van der Waals surface area contributed by atoms with Gasteiger partial charge in [-0.3, -0.25) is 4.79 Å². The number of carbonyl (C=O) groups excluding carboxylic acids is 4. The van der Waals surface area contributed by atoms with Crippen LogP contribution in [-0.4, -0.2) is 169 Å². The van der Waals surface area contributed by atoms with E-state index in [0.29, 0.717) is 12.2 Å². The van der Waals surface area contributed by atoms with Crippen molar-refractivity contribution >= 4 is 54.0 Å². The van der Waals surface area contributed by atoms with Gasteiger partial charge in [-0.1, -0.05) is 18.2 Å². The van der Waals surface area contributed by atoms with E-state index in [1.54, 1.807) is 0 Å². The van der Waals surface area contributed by atoms with Gasteiger partial charge in [0.1, 0.15) is 12.2 Å². The molecule has 0 fully saturated rings. The minimum absolute atomic E-state index is 0.129. The van der Waals surface area contributed by atoms with Crippen LogP contribution in [0.15, 0.2) is 108 Å². The second-order valence-electron chi connectivity index (χ2n) is 17.3. The molecule has 3 aliphatic rings. The first kappa shape index (κ1) is 56.0. The van der Waals surface area contributed by atoms with E-state index in [4.69, 9.17) is 28.4 Å². The normalized spacial score (nSPS) is 22.5. The molecule has 0 spiro atoms. The lowest BCUT2D eigenvalue weighted by atomic mass is 9.71. The second-order valence-corrected chi connectivity index (χ2v) is 17.3. The Bertz CT molecular complexity index is 3190. The van der Waals surface area contributed by atoms with Gasteiger partial charge >= 0.3 is 35.8 Å². The van der Waals surface area contributed by atoms with Gasteiger partial charge in [-0.05, 0) is 94.6 Å². The SMILES string of the molecule is O=C(C=Cc1ccc(O)c(O)c1)O[C@H]1[C@@H]([C@H](O)CO)OC(C(=O)O)=C[C@H]1OC(=O)C1=Cc2cc(O)c(O)cc2[C@@H](c2ccc(O)c(O)c2)[C@@H]1C(=O)O[C@@H]1C=C(C(=O)O)O[C@H]([C@@H](O)CO)[C@@H]1OC(=O)C=Cc1ccc(O)c(O)c1. The quantitative estimate of drug-likeness (QED) is 0.0303. The molecule has 1 aliphatic carbocycles. The number of aromatic hydroxyl groups is 8. The maximum atomic E-state index is 15.3. The molecule has 2 heterocycles. The van der Waals surface area contributed by atoms with Gasteiger partial charge in [0.05, 0.1) is 24.7 Å². The van der Waals surface area contributed by atoms with Crippen LogP contribution < -0.4 is 0 Å². The third-order valence-corrected chi connectivity index (χ3v) is 12.2.